The first-order valence-corrected chi connectivity index (χ1v) is 11.0. The molecule has 1 aliphatic rings. The van der Waals surface area contributed by atoms with Gasteiger partial charge in [-0.1, -0.05) is 46.8 Å². The number of hydrogen-bond donors (Lipinski definition) is 1. The molecule has 2 aromatic carbocycles. The number of anilines is 2. The molecule has 1 aliphatic carbocycles. The summed E-state index contributed by atoms with van der Waals surface area (Å²) in [7, 11) is 0. The van der Waals surface area contributed by atoms with E-state index in [4.69, 9.17) is 4.98 Å². The molecule has 1 saturated carbocycles. The van der Waals surface area contributed by atoms with Crippen LogP contribution in [0.1, 0.15) is 77.0 Å². The normalized spacial score (nSPS) is 21.0. The number of hydrogen-bond acceptors (Lipinski definition) is 3. The fourth-order valence-corrected chi connectivity index (χ4v) is 5.20. The number of benzene rings is 2. The quantitative estimate of drug-likeness (QED) is 0.505. The van der Waals surface area contributed by atoms with Crippen LogP contribution in [0.3, 0.4) is 0 Å². The molecule has 30 heavy (non-hydrogen) atoms. The highest BCUT2D eigenvalue weighted by atomic mass is 15.2. The van der Waals surface area contributed by atoms with E-state index in [1.54, 1.807) is 0 Å². The van der Waals surface area contributed by atoms with E-state index in [1.165, 1.54) is 12.0 Å². The van der Waals surface area contributed by atoms with Crippen LogP contribution in [0.2, 0.25) is 0 Å². The van der Waals surface area contributed by atoms with E-state index in [0.717, 1.165) is 35.5 Å². The lowest BCUT2D eigenvalue weighted by molar-refractivity contribution is 0.140. The molecule has 0 saturated heterocycles. The summed E-state index contributed by atoms with van der Waals surface area (Å²) >= 11 is 0. The second-order valence-corrected chi connectivity index (χ2v) is 10.1. The standard InChI is InChI=1S/C26H32N4/c1-17(2)20-7-9-21(10-8-20)28-25-29-23-13-19(16-27)6-11-24(23)30(25)22-12-18(3)14-26(4,5)15-22/h6-11,13,17-18,22H,12,14-15H2,1-5H3,(H,28,29)/t18-,22+/m1/s1. The molecule has 1 N–H and O–H groups in total. The Labute approximate surface area is 179 Å². The number of nitriles is 1. The average molecular weight is 401 g/mol. The third-order valence-electron chi connectivity index (χ3n) is 6.38. The molecular formula is C26H32N4. The summed E-state index contributed by atoms with van der Waals surface area (Å²) in [4.78, 5) is 4.92. The molecule has 0 radical (unpaired) electrons. The Morgan fingerprint density at radius 2 is 1.87 bits per heavy atom. The second-order valence-electron chi connectivity index (χ2n) is 10.1. The van der Waals surface area contributed by atoms with E-state index in [9.17, 15) is 5.26 Å². The Balaban J connectivity index is 1.77. The Morgan fingerprint density at radius 3 is 2.50 bits per heavy atom. The number of nitrogens with one attached hydrogen (secondary N) is 1. The van der Waals surface area contributed by atoms with Gasteiger partial charge in [0, 0.05) is 11.7 Å². The van der Waals surface area contributed by atoms with Crippen molar-refractivity contribution in [2.45, 2.75) is 65.8 Å². The Morgan fingerprint density at radius 1 is 1.13 bits per heavy atom. The van der Waals surface area contributed by atoms with Crippen LogP contribution in [0.15, 0.2) is 42.5 Å². The van der Waals surface area contributed by atoms with Gasteiger partial charge >= 0.3 is 0 Å². The molecule has 4 heteroatoms. The van der Waals surface area contributed by atoms with Crippen LogP contribution in [-0.2, 0) is 0 Å². The summed E-state index contributed by atoms with van der Waals surface area (Å²) in [6.45, 7) is 11.5. The molecular weight excluding hydrogens is 368 g/mol. The van der Waals surface area contributed by atoms with Crippen molar-refractivity contribution in [3.05, 3.63) is 53.6 Å². The molecule has 0 spiro atoms. The molecule has 3 aromatic rings. The van der Waals surface area contributed by atoms with Crippen LogP contribution in [-0.4, -0.2) is 9.55 Å². The lowest BCUT2D eigenvalue weighted by Crippen LogP contribution is -2.29. The van der Waals surface area contributed by atoms with Gasteiger partial charge in [-0.3, -0.25) is 0 Å². The first-order valence-electron chi connectivity index (χ1n) is 11.0. The van der Waals surface area contributed by atoms with Gasteiger partial charge in [0.25, 0.3) is 0 Å². The van der Waals surface area contributed by atoms with Crippen molar-refractivity contribution in [2.24, 2.45) is 11.3 Å². The topological polar surface area (TPSA) is 53.6 Å². The Bertz CT molecular complexity index is 1080. The van der Waals surface area contributed by atoms with Crippen LogP contribution in [0, 0.1) is 22.7 Å². The van der Waals surface area contributed by atoms with Gasteiger partial charge in [0.05, 0.1) is 22.7 Å². The highest BCUT2D eigenvalue weighted by molar-refractivity contribution is 5.81. The lowest BCUT2D eigenvalue weighted by atomic mass is 9.70. The molecule has 1 fully saturated rings. The molecule has 1 aromatic heterocycles. The molecule has 0 unspecified atom stereocenters. The summed E-state index contributed by atoms with van der Waals surface area (Å²) in [6, 6.07) is 17.1. The highest BCUT2D eigenvalue weighted by Crippen LogP contribution is 2.46. The van der Waals surface area contributed by atoms with E-state index in [2.05, 4.69) is 80.9 Å². The number of aromatic nitrogens is 2. The van der Waals surface area contributed by atoms with Crippen molar-refractivity contribution in [3.63, 3.8) is 0 Å². The molecule has 0 bridgehead atoms. The minimum absolute atomic E-state index is 0.307. The van der Waals surface area contributed by atoms with Gasteiger partial charge in [-0.25, -0.2) is 4.98 Å². The van der Waals surface area contributed by atoms with Crippen molar-refractivity contribution >= 4 is 22.7 Å². The minimum atomic E-state index is 0.307. The molecule has 4 rings (SSSR count). The summed E-state index contributed by atoms with van der Waals surface area (Å²) in [5.74, 6) is 2.05. The third-order valence-corrected chi connectivity index (χ3v) is 6.38. The minimum Gasteiger partial charge on any atom is -0.326 e. The van der Waals surface area contributed by atoms with Crippen molar-refractivity contribution < 1.29 is 0 Å². The second kappa shape index (κ2) is 7.80. The Kier molecular flexibility index (Phi) is 5.32. The van der Waals surface area contributed by atoms with Crippen molar-refractivity contribution in [1.82, 2.24) is 9.55 Å². The molecule has 0 amide bonds. The van der Waals surface area contributed by atoms with E-state index >= 15 is 0 Å². The smallest absolute Gasteiger partial charge is 0.208 e. The first kappa shape index (κ1) is 20.5. The zero-order valence-corrected chi connectivity index (χ0v) is 18.7. The average Bonchev–Trinajstić information content (AvgIpc) is 3.03. The molecule has 2 atom stereocenters. The lowest BCUT2D eigenvalue weighted by Gasteiger charge is -2.40. The summed E-state index contributed by atoms with van der Waals surface area (Å²) < 4.78 is 2.38. The maximum atomic E-state index is 9.33. The fraction of sp³-hybridized carbons (Fsp3) is 0.462. The SMILES string of the molecule is CC(C)c1ccc(Nc2nc3cc(C#N)ccc3n2[C@H]2C[C@@H](C)CC(C)(C)C2)cc1. The van der Waals surface area contributed by atoms with Crippen LogP contribution in [0.4, 0.5) is 11.6 Å². The van der Waals surface area contributed by atoms with Gasteiger partial charge in [-0.05, 0) is 72.4 Å². The van der Waals surface area contributed by atoms with Gasteiger partial charge in [0.1, 0.15) is 0 Å². The van der Waals surface area contributed by atoms with Crippen LogP contribution in [0.25, 0.3) is 11.0 Å². The maximum Gasteiger partial charge on any atom is 0.208 e. The molecule has 1 heterocycles. The summed E-state index contributed by atoms with van der Waals surface area (Å²) in [5.41, 5.74) is 5.31. The number of fused-ring (bicyclic) bond motifs is 1. The first-order chi connectivity index (χ1) is 14.3. The predicted octanol–water partition coefficient (Wildman–Crippen LogP) is 7.16. The number of imidazole rings is 1. The largest absolute Gasteiger partial charge is 0.326 e. The fourth-order valence-electron chi connectivity index (χ4n) is 5.20. The van der Waals surface area contributed by atoms with Gasteiger partial charge in [0.15, 0.2) is 0 Å². The van der Waals surface area contributed by atoms with Gasteiger partial charge in [-0.2, -0.15) is 5.26 Å². The summed E-state index contributed by atoms with van der Waals surface area (Å²) in [5, 5.41) is 12.9. The van der Waals surface area contributed by atoms with Crippen LogP contribution < -0.4 is 5.32 Å². The zero-order chi connectivity index (χ0) is 21.5. The molecule has 0 aliphatic heterocycles. The number of rotatable bonds is 4. The monoisotopic (exact) mass is 400 g/mol. The summed E-state index contributed by atoms with van der Waals surface area (Å²) in [6.07, 6.45) is 3.54. The highest BCUT2D eigenvalue weighted by Gasteiger charge is 2.34. The third kappa shape index (κ3) is 4.07. The van der Waals surface area contributed by atoms with E-state index in [-0.39, 0.29) is 0 Å². The maximum absolute atomic E-state index is 9.33. The predicted molar refractivity (Wildman–Crippen MR) is 124 cm³/mol. The van der Waals surface area contributed by atoms with Crippen molar-refractivity contribution in [2.75, 3.05) is 5.32 Å². The van der Waals surface area contributed by atoms with E-state index < -0.39 is 0 Å². The zero-order valence-electron chi connectivity index (χ0n) is 18.7. The number of nitrogens with zero attached hydrogens (tertiary/aromatic N) is 3. The molecule has 4 nitrogen and oxygen atoms in total. The van der Waals surface area contributed by atoms with Crippen molar-refractivity contribution in [3.8, 4) is 6.07 Å². The van der Waals surface area contributed by atoms with Crippen LogP contribution in [0.5, 0.6) is 0 Å². The van der Waals surface area contributed by atoms with Gasteiger partial charge in [-0.15, -0.1) is 0 Å². The molecule has 156 valence electrons. The Hall–Kier alpha value is -2.80. The van der Waals surface area contributed by atoms with Crippen LogP contribution >= 0.6 is 0 Å². The van der Waals surface area contributed by atoms with Gasteiger partial charge < -0.3 is 9.88 Å². The van der Waals surface area contributed by atoms with Gasteiger partial charge in [0.2, 0.25) is 5.95 Å². The van der Waals surface area contributed by atoms with E-state index in [0.29, 0.717) is 28.9 Å². The van der Waals surface area contributed by atoms with E-state index in [1.807, 2.05) is 12.1 Å². The van der Waals surface area contributed by atoms with Crippen molar-refractivity contribution in [1.29, 1.82) is 5.26 Å².